The molecule has 4 aliphatic rings. The van der Waals surface area contributed by atoms with E-state index in [1.807, 2.05) is 18.2 Å². The molecule has 298 valence electrons. The Morgan fingerprint density at radius 1 is 0.982 bits per heavy atom. The van der Waals surface area contributed by atoms with Crippen LogP contribution in [0, 0.1) is 0 Å². The molecule has 2 saturated heterocycles. The van der Waals surface area contributed by atoms with Gasteiger partial charge in [-0.3, -0.25) is 24.6 Å². The highest BCUT2D eigenvalue weighted by Gasteiger charge is 2.38. The third kappa shape index (κ3) is 7.79. The van der Waals surface area contributed by atoms with Crippen LogP contribution in [0.2, 0.25) is 0 Å². The third-order valence-corrected chi connectivity index (χ3v) is 11.2. The molecule has 3 fully saturated rings. The highest BCUT2D eigenvalue weighted by molar-refractivity contribution is 6.02. The van der Waals surface area contributed by atoms with Gasteiger partial charge in [0, 0.05) is 38.0 Å². The number of benzene rings is 2. The van der Waals surface area contributed by atoms with Gasteiger partial charge in [0.25, 0.3) is 0 Å². The Labute approximate surface area is 329 Å². The number of methoxy groups -OCH3 is 1. The van der Waals surface area contributed by atoms with Gasteiger partial charge in [-0.1, -0.05) is 24.3 Å². The highest BCUT2D eigenvalue weighted by Crippen LogP contribution is 2.45. The monoisotopic (exact) mass is 779 g/mol. The maximum atomic E-state index is 13.6. The van der Waals surface area contributed by atoms with Crippen molar-refractivity contribution >= 4 is 41.1 Å². The lowest BCUT2D eigenvalue weighted by molar-refractivity contribution is -0.134. The summed E-state index contributed by atoms with van der Waals surface area (Å²) < 4.78 is 23.3. The first-order valence-corrected chi connectivity index (χ1v) is 19.3. The number of nitrogens with zero attached hydrogens (tertiary/aromatic N) is 7. The molecule has 4 aromatic rings. The largest absolute Gasteiger partial charge is 0.511 e. The van der Waals surface area contributed by atoms with Crippen LogP contribution in [0.5, 0.6) is 11.5 Å². The topological polar surface area (TPSA) is 197 Å². The first kappa shape index (κ1) is 37.7. The number of carbonyl (C=O) groups is 4. The van der Waals surface area contributed by atoms with Crippen molar-refractivity contribution in [3.05, 3.63) is 66.5 Å². The molecule has 8 rings (SSSR count). The van der Waals surface area contributed by atoms with Crippen LogP contribution >= 0.6 is 0 Å². The molecule has 0 spiro atoms. The molecule has 5 heterocycles. The number of imide groups is 1. The minimum Gasteiger partial charge on any atom is -0.489 e. The van der Waals surface area contributed by atoms with Crippen LogP contribution in [0.25, 0.3) is 16.9 Å². The molecule has 0 radical (unpaired) electrons. The Morgan fingerprint density at radius 2 is 1.81 bits per heavy atom. The number of amides is 3. The molecule has 1 aliphatic carbocycles. The number of piperazine rings is 1. The number of nitrogens with one attached hydrogen (secondary N) is 1. The molecule has 17 heteroatoms. The Bertz CT molecular complexity index is 2170. The highest BCUT2D eigenvalue weighted by atomic mass is 16.8. The van der Waals surface area contributed by atoms with Crippen LogP contribution in [0.1, 0.15) is 56.9 Å². The smallest absolute Gasteiger partial charge is 0.489 e. The number of hydrogen-bond acceptors (Lipinski definition) is 14. The summed E-state index contributed by atoms with van der Waals surface area (Å²) >= 11 is 0. The number of nitrogen functional groups attached to an aromatic ring is 1. The van der Waals surface area contributed by atoms with Gasteiger partial charge in [-0.2, -0.15) is 5.10 Å². The van der Waals surface area contributed by atoms with Gasteiger partial charge in [0.15, 0.2) is 5.82 Å². The average molecular weight is 780 g/mol. The van der Waals surface area contributed by atoms with Gasteiger partial charge in [0.1, 0.15) is 29.8 Å². The zero-order valence-electron chi connectivity index (χ0n) is 31.8. The van der Waals surface area contributed by atoms with Crippen LogP contribution < -0.4 is 30.3 Å². The summed E-state index contributed by atoms with van der Waals surface area (Å²) in [6.07, 6.45) is 6.27. The van der Waals surface area contributed by atoms with Gasteiger partial charge in [-0.25, -0.2) is 9.48 Å². The van der Waals surface area contributed by atoms with Gasteiger partial charge in [0.05, 0.1) is 49.7 Å². The number of ether oxygens (including phenoxy) is 4. The molecule has 2 aromatic heterocycles. The Hall–Kier alpha value is -6.23. The first-order valence-electron chi connectivity index (χ1n) is 19.3. The number of nitrogens with two attached hydrogens (primary N) is 1. The van der Waals surface area contributed by atoms with Crippen molar-refractivity contribution in [2.45, 2.75) is 69.7 Å². The van der Waals surface area contributed by atoms with Crippen LogP contribution in [-0.4, -0.2) is 107 Å². The second kappa shape index (κ2) is 16.1. The second-order valence-corrected chi connectivity index (χ2v) is 14.6. The number of hydrogen-bond donors (Lipinski definition) is 2. The summed E-state index contributed by atoms with van der Waals surface area (Å²) in [6.45, 7) is 4.20. The van der Waals surface area contributed by atoms with Gasteiger partial charge >= 0.3 is 6.16 Å². The van der Waals surface area contributed by atoms with Crippen molar-refractivity contribution in [1.82, 2.24) is 30.2 Å². The summed E-state index contributed by atoms with van der Waals surface area (Å²) in [7, 11) is 1.22. The van der Waals surface area contributed by atoms with Gasteiger partial charge in [0.2, 0.25) is 24.0 Å². The molecule has 3 aliphatic heterocycles. The molecule has 2 atom stereocenters. The Morgan fingerprint density at radius 3 is 2.60 bits per heavy atom. The zero-order valence-corrected chi connectivity index (χ0v) is 31.8. The van der Waals surface area contributed by atoms with E-state index in [2.05, 4.69) is 41.2 Å². The summed E-state index contributed by atoms with van der Waals surface area (Å²) in [5, 5.41) is 15.5. The number of anilines is 3. The van der Waals surface area contributed by atoms with Crippen LogP contribution in [0.3, 0.4) is 0 Å². The lowest BCUT2D eigenvalue weighted by Gasteiger charge is -2.42. The molecular formula is C40H45N9O8. The first-order chi connectivity index (χ1) is 27.7. The second-order valence-electron chi connectivity index (χ2n) is 14.6. The van der Waals surface area contributed by atoms with Gasteiger partial charge in [-0.05, 0) is 67.9 Å². The standard InChI is InChI=1S/C40H45N9O8/c1-24(57-40(53)54-2)56-34-9-4-3-6-29(34)30-20-33(38(41)45-44-30)49-22-27(21-42-49)47-17-16-46(23-36(47)51)26-12-10-25(11-13-26)28-7-5-8-31-37(28)55-19-18-48(31)32-14-15-35(50)43-39(32)52/h3-9,20-22,24-26,32H,10-19,23H2,1-2H3,(H2,41,45)(H,43,50,52)/t24?,25?,26?,32-/m0/s1. The van der Waals surface area contributed by atoms with E-state index in [4.69, 9.17) is 19.9 Å². The van der Waals surface area contributed by atoms with Crippen molar-refractivity contribution in [3.63, 3.8) is 0 Å². The van der Waals surface area contributed by atoms with Crippen molar-refractivity contribution in [3.8, 4) is 28.4 Å². The zero-order chi connectivity index (χ0) is 39.6. The van der Waals surface area contributed by atoms with Crippen LogP contribution in [0.4, 0.5) is 22.0 Å². The maximum absolute atomic E-state index is 13.6. The molecule has 3 N–H and O–H groups in total. The lowest BCUT2D eigenvalue weighted by Crippen LogP contribution is -2.54. The molecule has 2 aromatic carbocycles. The van der Waals surface area contributed by atoms with Crippen LogP contribution in [-0.2, 0) is 23.9 Å². The van der Waals surface area contributed by atoms with Gasteiger partial charge in [-0.15, -0.1) is 10.2 Å². The molecule has 0 bridgehead atoms. The fourth-order valence-electron chi connectivity index (χ4n) is 8.40. The summed E-state index contributed by atoms with van der Waals surface area (Å²) in [4.78, 5) is 55.9. The molecule has 57 heavy (non-hydrogen) atoms. The Kier molecular flexibility index (Phi) is 10.6. The van der Waals surface area contributed by atoms with E-state index in [0.29, 0.717) is 79.4 Å². The maximum Gasteiger partial charge on any atom is 0.511 e. The number of piperidine rings is 1. The van der Waals surface area contributed by atoms with E-state index in [1.54, 1.807) is 53.2 Å². The third-order valence-electron chi connectivity index (χ3n) is 11.2. The van der Waals surface area contributed by atoms with Gasteiger partial charge < -0.3 is 34.5 Å². The molecule has 1 unspecified atom stereocenters. The SMILES string of the molecule is COC(=O)OC(C)Oc1ccccc1-c1cc(-n2cc(N3CCN(C4CCC(c5cccc6c5OCCN6[C@H]5CCC(=O)NC5=O)CC4)CC3=O)cn2)c(N)nn1. The molecule has 1 saturated carbocycles. The summed E-state index contributed by atoms with van der Waals surface area (Å²) in [6, 6.07) is 14.9. The van der Waals surface area contributed by atoms with E-state index in [9.17, 15) is 19.2 Å². The van der Waals surface area contributed by atoms with Crippen molar-refractivity contribution < 1.29 is 38.1 Å². The van der Waals surface area contributed by atoms with E-state index in [1.165, 1.54) is 7.11 Å². The van der Waals surface area contributed by atoms with E-state index < -0.39 is 12.4 Å². The number of carbonyl (C=O) groups excluding carboxylic acids is 4. The predicted octanol–water partition coefficient (Wildman–Crippen LogP) is 3.80. The average Bonchev–Trinajstić information content (AvgIpc) is 3.71. The predicted molar refractivity (Wildman–Crippen MR) is 207 cm³/mol. The van der Waals surface area contributed by atoms with E-state index in [0.717, 1.165) is 49.2 Å². The summed E-state index contributed by atoms with van der Waals surface area (Å²) in [5.74, 6) is 1.24. The molecule has 3 amide bonds. The number of rotatable bonds is 9. The minimum absolute atomic E-state index is 0.00197. The fraction of sp³-hybridized carbons (Fsp3) is 0.425. The molecule has 17 nitrogen and oxygen atoms in total. The Balaban J connectivity index is 0.897. The van der Waals surface area contributed by atoms with Crippen molar-refractivity contribution in [2.75, 3.05) is 55.4 Å². The van der Waals surface area contributed by atoms with Crippen LogP contribution in [0.15, 0.2) is 60.9 Å². The van der Waals surface area contributed by atoms with Crippen molar-refractivity contribution in [2.24, 2.45) is 0 Å². The lowest BCUT2D eigenvalue weighted by atomic mass is 9.80. The fourth-order valence-corrected chi connectivity index (χ4v) is 8.40. The normalized spacial score (nSPS) is 21.9. The summed E-state index contributed by atoms with van der Waals surface area (Å²) in [5.41, 5.74) is 10.5. The quantitative estimate of drug-likeness (QED) is 0.141. The molecular weight excluding hydrogens is 734 g/mol. The van der Waals surface area contributed by atoms with E-state index >= 15 is 0 Å². The number of aromatic nitrogens is 4. The number of fused-ring (bicyclic) bond motifs is 1. The number of para-hydroxylation sites is 2. The minimum atomic E-state index is -0.932. The van der Waals surface area contributed by atoms with E-state index in [-0.39, 0.29) is 29.6 Å². The van der Waals surface area contributed by atoms with Crippen molar-refractivity contribution in [1.29, 1.82) is 0 Å².